The molecule has 0 N–H and O–H groups in total. The van der Waals surface area contributed by atoms with Gasteiger partial charge in [0.25, 0.3) is 0 Å². The zero-order valence-electron chi connectivity index (χ0n) is 8.13. The van der Waals surface area contributed by atoms with E-state index in [1.807, 2.05) is 0 Å². The molecular formula is C11H9BrFNO. The van der Waals surface area contributed by atoms with Gasteiger partial charge in [-0.05, 0) is 25.0 Å². The fourth-order valence-electron chi connectivity index (χ4n) is 1.20. The van der Waals surface area contributed by atoms with Crippen LogP contribution in [-0.4, -0.2) is 10.6 Å². The maximum atomic E-state index is 13.2. The van der Waals surface area contributed by atoms with Gasteiger partial charge in [0, 0.05) is 0 Å². The van der Waals surface area contributed by atoms with Crippen LogP contribution < -0.4 is 0 Å². The fraction of sp³-hybridized carbons (Fsp3) is 0.273. The third-order valence-corrected chi connectivity index (χ3v) is 3.02. The first-order valence-electron chi connectivity index (χ1n) is 4.38. The number of alkyl halides is 1. The molecule has 0 aromatic heterocycles. The number of nitrogens with zero attached hydrogens (tertiary/aromatic N) is 1. The number of nitriles is 1. The van der Waals surface area contributed by atoms with Crippen LogP contribution in [0.2, 0.25) is 0 Å². The van der Waals surface area contributed by atoms with E-state index in [0.29, 0.717) is 12.0 Å². The van der Waals surface area contributed by atoms with Crippen molar-refractivity contribution in [3.63, 3.8) is 0 Å². The summed E-state index contributed by atoms with van der Waals surface area (Å²) in [6.07, 6.45) is 0.329. The molecule has 0 saturated carbocycles. The van der Waals surface area contributed by atoms with Gasteiger partial charge in [-0.1, -0.05) is 28.1 Å². The molecule has 0 heterocycles. The lowest BCUT2D eigenvalue weighted by Crippen LogP contribution is -2.13. The van der Waals surface area contributed by atoms with E-state index < -0.39 is 5.82 Å². The first-order valence-corrected chi connectivity index (χ1v) is 5.30. The molecule has 1 unspecified atom stereocenters. The minimum Gasteiger partial charge on any atom is -0.299 e. The number of hydrogen-bond acceptors (Lipinski definition) is 2. The molecule has 15 heavy (non-hydrogen) atoms. The predicted molar refractivity (Wildman–Crippen MR) is 58.2 cm³/mol. The summed E-state index contributed by atoms with van der Waals surface area (Å²) < 4.78 is 13.2. The summed E-state index contributed by atoms with van der Waals surface area (Å²) in [7, 11) is 0. The van der Waals surface area contributed by atoms with Crippen molar-refractivity contribution in [1.29, 1.82) is 5.26 Å². The van der Waals surface area contributed by atoms with Crippen molar-refractivity contribution in [3.8, 4) is 6.07 Å². The van der Waals surface area contributed by atoms with Crippen LogP contribution in [0, 0.1) is 17.1 Å². The number of hydrogen-bond donors (Lipinski definition) is 0. The zero-order chi connectivity index (χ0) is 11.4. The normalized spacial score (nSPS) is 11.9. The van der Waals surface area contributed by atoms with E-state index in [2.05, 4.69) is 15.9 Å². The molecule has 0 amide bonds. The Morgan fingerprint density at radius 2 is 2.33 bits per heavy atom. The topological polar surface area (TPSA) is 40.9 Å². The largest absolute Gasteiger partial charge is 0.299 e. The lowest BCUT2D eigenvalue weighted by Gasteiger charge is -2.07. The molecule has 2 nitrogen and oxygen atoms in total. The van der Waals surface area contributed by atoms with Crippen LogP contribution in [0.1, 0.15) is 18.1 Å². The number of ketones is 1. The predicted octanol–water partition coefficient (Wildman–Crippen LogP) is 2.59. The molecule has 0 saturated heterocycles. The van der Waals surface area contributed by atoms with Crippen LogP contribution in [0.5, 0.6) is 0 Å². The fourth-order valence-corrected chi connectivity index (χ4v) is 1.55. The standard InChI is InChI=1S/C11H9BrFNO/c1-7(15)10(12)5-8-3-2-4-11(13)9(8)6-14/h2-4,10H,5H2,1H3. The third-order valence-electron chi connectivity index (χ3n) is 2.05. The number of carbonyl (C=O) groups excluding carboxylic acids is 1. The van der Waals surface area contributed by atoms with Gasteiger partial charge in [-0.3, -0.25) is 4.79 Å². The maximum absolute atomic E-state index is 13.2. The van der Waals surface area contributed by atoms with Gasteiger partial charge in [-0.2, -0.15) is 5.26 Å². The SMILES string of the molecule is CC(=O)C(Br)Cc1cccc(F)c1C#N. The van der Waals surface area contributed by atoms with Gasteiger partial charge in [-0.15, -0.1) is 0 Å². The Kier molecular flexibility index (Phi) is 3.98. The molecule has 1 aromatic carbocycles. The van der Waals surface area contributed by atoms with Gasteiger partial charge >= 0.3 is 0 Å². The highest BCUT2D eigenvalue weighted by Gasteiger charge is 2.14. The van der Waals surface area contributed by atoms with Crippen LogP contribution in [-0.2, 0) is 11.2 Å². The van der Waals surface area contributed by atoms with Gasteiger partial charge < -0.3 is 0 Å². The quantitative estimate of drug-likeness (QED) is 0.792. The van der Waals surface area contributed by atoms with Crippen molar-refractivity contribution < 1.29 is 9.18 Å². The van der Waals surface area contributed by atoms with Crippen molar-refractivity contribution in [1.82, 2.24) is 0 Å². The van der Waals surface area contributed by atoms with Crippen LogP contribution in [0.4, 0.5) is 4.39 Å². The number of rotatable bonds is 3. The Labute approximate surface area is 95.8 Å². The van der Waals surface area contributed by atoms with Gasteiger partial charge in [0.05, 0.1) is 10.4 Å². The molecule has 1 aromatic rings. The van der Waals surface area contributed by atoms with Crippen LogP contribution >= 0.6 is 15.9 Å². The molecule has 1 rings (SSSR count). The van der Waals surface area contributed by atoms with E-state index in [9.17, 15) is 9.18 Å². The Balaban J connectivity index is 3.01. The Morgan fingerprint density at radius 3 is 2.87 bits per heavy atom. The highest BCUT2D eigenvalue weighted by molar-refractivity contribution is 9.10. The average molecular weight is 270 g/mol. The molecule has 0 aliphatic carbocycles. The van der Waals surface area contributed by atoms with Gasteiger partial charge in [0.1, 0.15) is 17.7 Å². The van der Waals surface area contributed by atoms with E-state index in [1.165, 1.54) is 19.1 Å². The number of benzene rings is 1. The van der Waals surface area contributed by atoms with Crippen LogP contribution in [0.15, 0.2) is 18.2 Å². The monoisotopic (exact) mass is 269 g/mol. The second-order valence-corrected chi connectivity index (χ2v) is 4.27. The summed E-state index contributed by atoms with van der Waals surface area (Å²) in [4.78, 5) is 10.6. The molecule has 4 heteroatoms. The van der Waals surface area contributed by atoms with Crippen molar-refractivity contribution >= 4 is 21.7 Å². The number of halogens is 2. The summed E-state index contributed by atoms with van der Waals surface area (Å²) in [6.45, 7) is 1.45. The summed E-state index contributed by atoms with van der Waals surface area (Å²) in [6, 6.07) is 6.22. The highest BCUT2D eigenvalue weighted by atomic mass is 79.9. The molecule has 1 atom stereocenters. The minimum absolute atomic E-state index is 0.0169. The third kappa shape index (κ3) is 2.87. The van der Waals surface area contributed by atoms with Gasteiger partial charge in [0.15, 0.2) is 0 Å². The molecule has 0 aliphatic heterocycles. The molecule has 0 fully saturated rings. The van der Waals surface area contributed by atoms with Crippen molar-refractivity contribution in [2.45, 2.75) is 18.2 Å². The second kappa shape index (κ2) is 5.04. The molecule has 0 aliphatic rings. The summed E-state index contributed by atoms with van der Waals surface area (Å²) >= 11 is 3.19. The lowest BCUT2D eigenvalue weighted by molar-refractivity contribution is -0.116. The van der Waals surface area contributed by atoms with E-state index in [1.54, 1.807) is 12.1 Å². The van der Waals surface area contributed by atoms with E-state index in [0.717, 1.165) is 0 Å². The van der Waals surface area contributed by atoms with E-state index in [-0.39, 0.29) is 16.2 Å². The summed E-state index contributed by atoms with van der Waals surface area (Å²) in [5.74, 6) is -0.582. The molecule has 78 valence electrons. The number of Topliss-reactive ketones (excluding diaryl/α,β-unsaturated/α-hetero) is 1. The Bertz CT molecular complexity index is 425. The average Bonchev–Trinajstić information content (AvgIpc) is 2.18. The van der Waals surface area contributed by atoms with Gasteiger partial charge in [0.2, 0.25) is 0 Å². The first-order chi connectivity index (χ1) is 7.06. The molecular weight excluding hydrogens is 261 g/mol. The zero-order valence-corrected chi connectivity index (χ0v) is 9.71. The van der Waals surface area contributed by atoms with Crippen molar-refractivity contribution in [2.24, 2.45) is 0 Å². The Hall–Kier alpha value is -1.21. The molecule has 0 bridgehead atoms. The lowest BCUT2D eigenvalue weighted by atomic mass is 10.0. The van der Waals surface area contributed by atoms with Crippen LogP contribution in [0.25, 0.3) is 0 Å². The number of carbonyl (C=O) groups is 1. The molecule has 0 spiro atoms. The minimum atomic E-state index is -0.543. The first kappa shape index (κ1) is 11.9. The summed E-state index contributed by atoms with van der Waals surface area (Å²) in [5, 5.41) is 8.76. The maximum Gasteiger partial charge on any atom is 0.143 e. The highest BCUT2D eigenvalue weighted by Crippen LogP contribution is 2.17. The van der Waals surface area contributed by atoms with Crippen LogP contribution in [0.3, 0.4) is 0 Å². The summed E-state index contributed by atoms with van der Waals surface area (Å²) in [5.41, 5.74) is 0.567. The van der Waals surface area contributed by atoms with Crippen molar-refractivity contribution in [3.05, 3.63) is 35.1 Å². The second-order valence-electron chi connectivity index (χ2n) is 3.17. The smallest absolute Gasteiger partial charge is 0.143 e. The Morgan fingerprint density at radius 1 is 1.67 bits per heavy atom. The van der Waals surface area contributed by atoms with E-state index >= 15 is 0 Å². The molecule has 0 radical (unpaired) electrons. The van der Waals surface area contributed by atoms with Gasteiger partial charge in [-0.25, -0.2) is 4.39 Å². The van der Waals surface area contributed by atoms with E-state index in [4.69, 9.17) is 5.26 Å². The van der Waals surface area contributed by atoms with Crippen molar-refractivity contribution in [2.75, 3.05) is 0 Å².